The second-order valence-corrected chi connectivity index (χ2v) is 3.45. The first-order valence-electron chi connectivity index (χ1n) is 4.50. The van der Waals surface area contributed by atoms with Crippen LogP contribution < -0.4 is 11.2 Å². The molecule has 2 aromatic heterocycles. The number of pyridine rings is 1. The van der Waals surface area contributed by atoms with Gasteiger partial charge in [-0.25, -0.2) is 9.78 Å². The number of fused-ring (bicyclic) bond motifs is 1. The summed E-state index contributed by atoms with van der Waals surface area (Å²) in [5, 5.41) is -0.0578. The average molecular weight is 245 g/mol. The Hall–Kier alpha value is -2.12. The molecule has 0 saturated heterocycles. The van der Waals surface area contributed by atoms with E-state index in [0.717, 1.165) is 6.07 Å². The largest absolute Gasteiger partial charge is 0.433 e. The van der Waals surface area contributed by atoms with Gasteiger partial charge in [0.2, 0.25) is 0 Å². The second-order valence-electron chi connectivity index (χ2n) is 3.45. The quantitative estimate of drug-likeness (QED) is 0.724. The van der Waals surface area contributed by atoms with Crippen LogP contribution in [0.1, 0.15) is 11.3 Å². The Kier molecular flexibility index (Phi) is 2.30. The predicted molar refractivity (Wildman–Crippen MR) is 52.7 cm³/mol. The Bertz CT molecular complexity index is 699. The normalized spacial score (nSPS) is 12.0. The van der Waals surface area contributed by atoms with E-state index < -0.39 is 23.1 Å². The minimum absolute atomic E-state index is 0.0578. The van der Waals surface area contributed by atoms with Gasteiger partial charge in [0.1, 0.15) is 11.3 Å². The van der Waals surface area contributed by atoms with E-state index in [9.17, 15) is 22.8 Å². The first kappa shape index (κ1) is 11.4. The van der Waals surface area contributed by atoms with Crippen molar-refractivity contribution >= 4 is 11.0 Å². The number of rotatable bonds is 0. The number of alkyl halides is 3. The first-order chi connectivity index (χ1) is 7.79. The number of aromatic nitrogens is 3. The van der Waals surface area contributed by atoms with Gasteiger partial charge in [-0.2, -0.15) is 13.2 Å². The van der Waals surface area contributed by atoms with Crippen molar-refractivity contribution in [2.24, 2.45) is 0 Å². The Morgan fingerprint density at radius 1 is 1.24 bits per heavy atom. The number of halogens is 3. The van der Waals surface area contributed by atoms with Crippen molar-refractivity contribution in [3.05, 3.63) is 38.2 Å². The van der Waals surface area contributed by atoms with Crippen LogP contribution in [0.25, 0.3) is 11.0 Å². The van der Waals surface area contributed by atoms with Gasteiger partial charge in [-0.15, -0.1) is 0 Å². The molecule has 0 aliphatic carbocycles. The van der Waals surface area contributed by atoms with E-state index in [1.807, 2.05) is 4.98 Å². The third kappa shape index (κ3) is 1.93. The maximum Gasteiger partial charge on any atom is 0.433 e. The Morgan fingerprint density at radius 2 is 1.88 bits per heavy atom. The molecule has 8 heteroatoms. The van der Waals surface area contributed by atoms with Crippen LogP contribution in [0.2, 0.25) is 0 Å². The number of nitrogens with one attached hydrogen (secondary N) is 2. The molecule has 90 valence electrons. The van der Waals surface area contributed by atoms with Crippen molar-refractivity contribution in [3.63, 3.8) is 0 Å². The van der Waals surface area contributed by atoms with Gasteiger partial charge in [-0.1, -0.05) is 0 Å². The van der Waals surface area contributed by atoms with Crippen LogP contribution in [-0.4, -0.2) is 15.0 Å². The van der Waals surface area contributed by atoms with Gasteiger partial charge < -0.3 is 0 Å². The number of hydrogen-bond acceptors (Lipinski definition) is 3. The molecule has 2 heterocycles. The summed E-state index contributed by atoms with van der Waals surface area (Å²) in [5.41, 5.74) is -3.08. The van der Waals surface area contributed by atoms with E-state index in [2.05, 4.69) is 9.97 Å². The molecule has 2 aromatic rings. The van der Waals surface area contributed by atoms with Crippen molar-refractivity contribution in [1.29, 1.82) is 0 Å². The number of hydrogen-bond donors (Lipinski definition) is 2. The summed E-state index contributed by atoms with van der Waals surface area (Å²) in [6.45, 7) is 1.34. The summed E-state index contributed by atoms with van der Waals surface area (Å²) in [6, 6.07) is 0.760. The minimum atomic E-state index is -4.63. The summed E-state index contributed by atoms with van der Waals surface area (Å²) >= 11 is 0. The van der Waals surface area contributed by atoms with Crippen molar-refractivity contribution in [3.8, 4) is 0 Å². The lowest BCUT2D eigenvalue weighted by Crippen LogP contribution is -2.24. The zero-order valence-electron chi connectivity index (χ0n) is 8.47. The molecule has 0 aliphatic rings. The van der Waals surface area contributed by atoms with Crippen molar-refractivity contribution in [1.82, 2.24) is 15.0 Å². The van der Waals surface area contributed by atoms with Crippen LogP contribution in [0, 0.1) is 6.92 Å². The molecule has 0 spiro atoms. The van der Waals surface area contributed by atoms with Gasteiger partial charge in [0.15, 0.2) is 0 Å². The van der Waals surface area contributed by atoms with Gasteiger partial charge >= 0.3 is 11.9 Å². The van der Waals surface area contributed by atoms with Gasteiger partial charge in [-0.05, 0) is 18.6 Å². The van der Waals surface area contributed by atoms with E-state index in [0.29, 0.717) is 0 Å². The molecule has 0 amide bonds. The molecule has 0 saturated carbocycles. The monoisotopic (exact) mass is 245 g/mol. The van der Waals surface area contributed by atoms with Crippen molar-refractivity contribution < 1.29 is 13.2 Å². The van der Waals surface area contributed by atoms with E-state index in [4.69, 9.17) is 0 Å². The van der Waals surface area contributed by atoms with Crippen molar-refractivity contribution in [2.45, 2.75) is 13.1 Å². The van der Waals surface area contributed by atoms with E-state index in [1.165, 1.54) is 6.92 Å². The van der Waals surface area contributed by atoms with Crippen LogP contribution in [-0.2, 0) is 6.18 Å². The Morgan fingerprint density at radius 3 is 2.47 bits per heavy atom. The molecular formula is C9H6F3N3O2. The second kappa shape index (κ2) is 3.44. The van der Waals surface area contributed by atoms with Crippen LogP contribution in [0.3, 0.4) is 0 Å². The van der Waals surface area contributed by atoms with Gasteiger partial charge in [0.25, 0.3) is 5.56 Å². The van der Waals surface area contributed by atoms with Crippen LogP contribution in [0.5, 0.6) is 0 Å². The highest BCUT2D eigenvalue weighted by Crippen LogP contribution is 2.29. The molecule has 17 heavy (non-hydrogen) atoms. The van der Waals surface area contributed by atoms with Crippen LogP contribution in [0.15, 0.2) is 15.7 Å². The molecule has 0 radical (unpaired) electrons. The van der Waals surface area contributed by atoms with E-state index in [1.54, 1.807) is 0 Å². The Labute approximate surface area is 91.3 Å². The fourth-order valence-corrected chi connectivity index (χ4v) is 1.50. The average Bonchev–Trinajstić information content (AvgIpc) is 2.13. The predicted octanol–water partition coefficient (Wildman–Crippen LogP) is 0.939. The number of H-pyrrole nitrogens is 2. The molecule has 2 N–H and O–H groups in total. The number of nitrogens with zero attached hydrogens (tertiary/aromatic N) is 1. The lowest BCUT2D eigenvalue weighted by Gasteiger charge is -2.08. The molecule has 0 unspecified atom stereocenters. The zero-order valence-corrected chi connectivity index (χ0v) is 8.47. The lowest BCUT2D eigenvalue weighted by molar-refractivity contribution is -0.141. The fourth-order valence-electron chi connectivity index (χ4n) is 1.50. The highest BCUT2D eigenvalue weighted by molar-refractivity contribution is 5.77. The minimum Gasteiger partial charge on any atom is -0.291 e. The SMILES string of the molecule is Cc1cc(C(F)(F)F)nc2[nH]c(=O)[nH]c(=O)c12. The third-order valence-corrected chi connectivity index (χ3v) is 2.19. The van der Waals surface area contributed by atoms with Gasteiger partial charge in [0, 0.05) is 0 Å². The van der Waals surface area contributed by atoms with E-state index >= 15 is 0 Å². The zero-order chi connectivity index (χ0) is 12.8. The molecule has 0 atom stereocenters. The highest BCUT2D eigenvalue weighted by atomic mass is 19.4. The summed E-state index contributed by atoms with van der Waals surface area (Å²) in [7, 11) is 0. The summed E-state index contributed by atoms with van der Waals surface area (Å²) in [4.78, 5) is 29.5. The highest BCUT2D eigenvalue weighted by Gasteiger charge is 2.33. The molecule has 2 rings (SSSR count). The molecule has 0 aromatic carbocycles. The molecule has 0 aliphatic heterocycles. The Balaban J connectivity index is 2.92. The maximum absolute atomic E-state index is 12.5. The fraction of sp³-hybridized carbons (Fsp3) is 0.222. The molecule has 0 bridgehead atoms. The topological polar surface area (TPSA) is 78.6 Å². The standard InChI is InChI=1S/C9H6F3N3O2/c1-3-2-4(9(10,11)12)13-6-5(3)7(16)15-8(17)14-6/h2H,1H3,(H2,13,14,15,16,17). The van der Waals surface area contributed by atoms with Gasteiger partial charge in [-0.3, -0.25) is 14.8 Å². The lowest BCUT2D eigenvalue weighted by atomic mass is 10.1. The molecular weight excluding hydrogens is 239 g/mol. The summed E-state index contributed by atoms with van der Waals surface area (Å²) in [6.07, 6.45) is -4.63. The first-order valence-corrected chi connectivity index (χ1v) is 4.50. The van der Waals surface area contributed by atoms with Crippen LogP contribution in [0.4, 0.5) is 13.2 Å². The third-order valence-electron chi connectivity index (χ3n) is 2.19. The summed E-state index contributed by atoms with van der Waals surface area (Å²) < 4.78 is 37.4. The smallest absolute Gasteiger partial charge is 0.291 e. The van der Waals surface area contributed by atoms with Gasteiger partial charge in [0.05, 0.1) is 5.39 Å². The van der Waals surface area contributed by atoms with Crippen LogP contribution >= 0.6 is 0 Å². The maximum atomic E-state index is 12.5. The summed E-state index contributed by atoms with van der Waals surface area (Å²) in [5.74, 6) is 0. The number of aryl methyl sites for hydroxylation is 1. The van der Waals surface area contributed by atoms with Crippen molar-refractivity contribution in [2.75, 3.05) is 0 Å². The molecule has 5 nitrogen and oxygen atoms in total. The van der Waals surface area contributed by atoms with E-state index in [-0.39, 0.29) is 16.6 Å². The molecule has 0 fully saturated rings. The number of aromatic amines is 2.